The van der Waals surface area contributed by atoms with Gasteiger partial charge in [-0.3, -0.25) is 9.59 Å². The van der Waals surface area contributed by atoms with E-state index in [0.717, 1.165) is 23.4 Å². The molecule has 2 aromatic rings. The van der Waals surface area contributed by atoms with E-state index in [1.165, 1.54) is 6.20 Å². The van der Waals surface area contributed by atoms with E-state index in [9.17, 15) is 9.59 Å². The molecule has 1 amide bonds. The van der Waals surface area contributed by atoms with Gasteiger partial charge in [0.1, 0.15) is 0 Å². The minimum Gasteiger partial charge on any atom is -0.449 e. The fourth-order valence-corrected chi connectivity index (χ4v) is 3.47. The maximum absolute atomic E-state index is 12.4. The smallest absolute Gasteiger partial charge is 0.228 e. The highest BCUT2D eigenvalue weighted by molar-refractivity contribution is 7.98. The number of hydrogen-bond donors (Lipinski definition) is 2. The molecule has 1 aromatic carbocycles. The third-order valence-electron chi connectivity index (χ3n) is 4.52. The molecule has 0 radical (unpaired) electrons. The van der Waals surface area contributed by atoms with Gasteiger partial charge in [0.05, 0.1) is 16.9 Å². The summed E-state index contributed by atoms with van der Waals surface area (Å²) in [6, 6.07) is 5.75. The number of fused-ring (bicyclic) bond motifs is 2. The Morgan fingerprint density at radius 2 is 2.15 bits per heavy atom. The Kier molecular flexibility index (Phi) is 4.32. The van der Waals surface area contributed by atoms with Crippen LogP contribution in [-0.4, -0.2) is 22.9 Å². The Hall–Kier alpha value is -2.54. The number of carbonyl (C=O) groups excluding carboxylic acids is 2. The molecule has 1 aromatic heterocycles. The number of carbonyl (C=O) groups is 2. The van der Waals surface area contributed by atoms with Crippen LogP contribution in [0.4, 0.5) is 17.2 Å². The summed E-state index contributed by atoms with van der Waals surface area (Å²) in [6.45, 7) is 1.81. The zero-order chi connectivity index (χ0) is 18.3. The van der Waals surface area contributed by atoms with Crippen molar-refractivity contribution in [2.75, 3.05) is 16.9 Å². The van der Waals surface area contributed by atoms with E-state index in [1.54, 1.807) is 11.8 Å². The van der Waals surface area contributed by atoms with Crippen molar-refractivity contribution in [3.05, 3.63) is 30.0 Å². The molecule has 0 saturated heterocycles. The van der Waals surface area contributed by atoms with E-state index in [4.69, 9.17) is 4.74 Å². The second kappa shape index (κ2) is 6.64. The number of benzene rings is 1. The molecule has 7 heteroatoms. The van der Waals surface area contributed by atoms with Crippen molar-refractivity contribution in [1.82, 2.24) is 4.98 Å². The first-order valence-corrected chi connectivity index (χ1v) is 9.83. The summed E-state index contributed by atoms with van der Waals surface area (Å²) in [5, 5.41) is 6.19. The number of Topliss-reactive ketones (excluding diaryl/α,β-unsaturated/α-hetero) is 1. The first kappa shape index (κ1) is 16.9. The highest BCUT2D eigenvalue weighted by Gasteiger charge is 2.32. The fourth-order valence-electron chi connectivity index (χ4n) is 2.90. The number of amides is 1. The molecule has 2 heterocycles. The molecular weight excluding hydrogens is 350 g/mol. The van der Waals surface area contributed by atoms with Crippen LogP contribution in [0.2, 0.25) is 0 Å². The molecule has 26 heavy (non-hydrogen) atoms. The molecule has 4 rings (SSSR count). The van der Waals surface area contributed by atoms with Gasteiger partial charge < -0.3 is 15.4 Å². The highest BCUT2D eigenvalue weighted by atomic mass is 32.2. The van der Waals surface area contributed by atoms with Gasteiger partial charge in [0, 0.05) is 23.4 Å². The highest BCUT2D eigenvalue weighted by Crippen LogP contribution is 2.49. The Morgan fingerprint density at radius 3 is 2.85 bits per heavy atom. The number of ketones is 1. The van der Waals surface area contributed by atoms with E-state index in [0.29, 0.717) is 35.0 Å². The molecule has 6 nitrogen and oxygen atoms in total. The summed E-state index contributed by atoms with van der Waals surface area (Å²) in [5.41, 5.74) is 1.85. The second-order valence-corrected chi connectivity index (χ2v) is 7.17. The van der Waals surface area contributed by atoms with Crippen LogP contribution in [0.5, 0.6) is 11.5 Å². The SMILES string of the molecule is CCC(=O)c1cnc(NC(=O)C2CC2)c2c1Nc1c(cccc1SC)O2. The van der Waals surface area contributed by atoms with Crippen LogP contribution in [-0.2, 0) is 4.79 Å². The summed E-state index contributed by atoms with van der Waals surface area (Å²) in [7, 11) is 0. The van der Waals surface area contributed by atoms with Crippen molar-refractivity contribution in [1.29, 1.82) is 0 Å². The van der Waals surface area contributed by atoms with Crippen molar-refractivity contribution in [2.45, 2.75) is 31.1 Å². The van der Waals surface area contributed by atoms with Gasteiger partial charge >= 0.3 is 0 Å². The van der Waals surface area contributed by atoms with Crippen LogP contribution in [0.15, 0.2) is 29.3 Å². The summed E-state index contributed by atoms with van der Waals surface area (Å²) in [5.74, 6) is 1.35. The first-order valence-electron chi connectivity index (χ1n) is 8.61. The van der Waals surface area contributed by atoms with Gasteiger partial charge in [0.25, 0.3) is 0 Å². The monoisotopic (exact) mass is 369 g/mol. The zero-order valence-corrected chi connectivity index (χ0v) is 15.4. The van der Waals surface area contributed by atoms with Gasteiger partial charge in [-0.15, -0.1) is 11.8 Å². The van der Waals surface area contributed by atoms with E-state index in [2.05, 4.69) is 15.6 Å². The van der Waals surface area contributed by atoms with Gasteiger partial charge in [0.2, 0.25) is 5.91 Å². The number of pyridine rings is 1. The minimum atomic E-state index is -0.0541. The van der Waals surface area contributed by atoms with Crippen molar-refractivity contribution in [2.24, 2.45) is 5.92 Å². The molecule has 134 valence electrons. The van der Waals surface area contributed by atoms with Gasteiger partial charge in [-0.1, -0.05) is 13.0 Å². The lowest BCUT2D eigenvalue weighted by atomic mass is 10.1. The third kappa shape index (κ3) is 2.92. The Labute approximate surface area is 155 Å². The number of ether oxygens (including phenoxy) is 1. The first-order chi connectivity index (χ1) is 12.6. The predicted octanol–water partition coefficient (Wildman–Crippen LogP) is 4.59. The Balaban J connectivity index is 1.80. The second-order valence-electron chi connectivity index (χ2n) is 6.33. The van der Waals surface area contributed by atoms with E-state index in [-0.39, 0.29) is 17.6 Å². The van der Waals surface area contributed by atoms with Gasteiger partial charge in [-0.05, 0) is 31.2 Å². The lowest BCUT2D eigenvalue weighted by Gasteiger charge is -2.26. The van der Waals surface area contributed by atoms with E-state index in [1.807, 2.05) is 31.4 Å². The largest absolute Gasteiger partial charge is 0.449 e. The standard InChI is InChI=1S/C19H19N3O3S/c1-3-12(23)11-9-20-18(22-19(24)10-7-8-10)17-15(11)21-16-13(25-17)5-4-6-14(16)26-2/h4-6,9-10,21H,3,7-8H2,1-2H3,(H,20,22,24). The number of para-hydroxylation sites is 1. The molecule has 2 N–H and O–H groups in total. The zero-order valence-electron chi connectivity index (χ0n) is 14.6. The van der Waals surface area contributed by atoms with Crippen molar-refractivity contribution in [3.8, 4) is 11.5 Å². The van der Waals surface area contributed by atoms with Crippen LogP contribution in [0.3, 0.4) is 0 Å². The lowest BCUT2D eigenvalue weighted by Crippen LogP contribution is -2.18. The van der Waals surface area contributed by atoms with E-state index < -0.39 is 0 Å². The summed E-state index contributed by atoms with van der Waals surface area (Å²) in [6.07, 6.45) is 5.66. The third-order valence-corrected chi connectivity index (χ3v) is 5.30. The number of aromatic nitrogens is 1. The summed E-state index contributed by atoms with van der Waals surface area (Å²) < 4.78 is 6.08. The van der Waals surface area contributed by atoms with Crippen LogP contribution < -0.4 is 15.4 Å². The Morgan fingerprint density at radius 1 is 1.35 bits per heavy atom. The molecular formula is C19H19N3O3S. The summed E-state index contributed by atoms with van der Waals surface area (Å²) >= 11 is 1.59. The molecule has 0 spiro atoms. The van der Waals surface area contributed by atoms with Crippen LogP contribution in [0.1, 0.15) is 36.5 Å². The number of anilines is 3. The molecule has 0 bridgehead atoms. The lowest BCUT2D eigenvalue weighted by molar-refractivity contribution is -0.117. The molecule has 2 aliphatic rings. The normalized spacial score (nSPS) is 14.5. The molecule has 1 fully saturated rings. The van der Waals surface area contributed by atoms with Crippen molar-refractivity contribution < 1.29 is 14.3 Å². The van der Waals surface area contributed by atoms with Crippen LogP contribution in [0.25, 0.3) is 0 Å². The minimum absolute atomic E-state index is 0.0324. The maximum atomic E-state index is 12.4. The Bertz CT molecular complexity index is 909. The topological polar surface area (TPSA) is 80.3 Å². The average molecular weight is 369 g/mol. The fraction of sp³-hybridized carbons (Fsp3) is 0.316. The van der Waals surface area contributed by atoms with Crippen molar-refractivity contribution >= 4 is 40.6 Å². The summed E-state index contributed by atoms with van der Waals surface area (Å²) in [4.78, 5) is 29.9. The van der Waals surface area contributed by atoms with Crippen LogP contribution >= 0.6 is 11.8 Å². The molecule has 0 unspecified atom stereocenters. The number of hydrogen-bond acceptors (Lipinski definition) is 6. The predicted molar refractivity (Wildman–Crippen MR) is 102 cm³/mol. The van der Waals surface area contributed by atoms with Gasteiger partial charge in [-0.2, -0.15) is 0 Å². The maximum Gasteiger partial charge on any atom is 0.228 e. The quantitative estimate of drug-likeness (QED) is 0.506. The number of rotatable bonds is 5. The molecule has 1 saturated carbocycles. The molecule has 1 aliphatic heterocycles. The van der Waals surface area contributed by atoms with Crippen molar-refractivity contribution in [3.63, 3.8) is 0 Å². The molecule has 1 aliphatic carbocycles. The number of nitrogens with zero attached hydrogens (tertiary/aromatic N) is 1. The van der Waals surface area contributed by atoms with Gasteiger partial charge in [-0.25, -0.2) is 4.98 Å². The average Bonchev–Trinajstić information content (AvgIpc) is 3.51. The van der Waals surface area contributed by atoms with Crippen LogP contribution in [0, 0.1) is 5.92 Å². The van der Waals surface area contributed by atoms with Gasteiger partial charge in [0.15, 0.2) is 23.1 Å². The number of thioether (sulfide) groups is 1. The number of nitrogens with one attached hydrogen (secondary N) is 2. The van der Waals surface area contributed by atoms with E-state index >= 15 is 0 Å². The molecule has 0 atom stereocenters.